The molecule has 0 saturated carbocycles. The van der Waals surface area contributed by atoms with Gasteiger partial charge in [0.25, 0.3) is 0 Å². The molecule has 0 aromatic heterocycles. The van der Waals surface area contributed by atoms with Crippen LogP contribution in [0.3, 0.4) is 0 Å². The van der Waals surface area contributed by atoms with Gasteiger partial charge in [0.05, 0.1) is 10.8 Å². The molecule has 2 spiro atoms. The summed E-state index contributed by atoms with van der Waals surface area (Å²) in [6.45, 7) is 7.47. The monoisotopic (exact) mass is 960 g/mol. The van der Waals surface area contributed by atoms with Gasteiger partial charge in [-0.3, -0.25) is 0 Å². The molecule has 4 heteroatoms. The second-order valence-corrected chi connectivity index (χ2v) is 19.2. The Labute approximate surface area is 418 Å². The zero-order valence-corrected chi connectivity index (χ0v) is 39.9. The van der Waals surface area contributed by atoms with Gasteiger partial charge in [-0.15, -0.1) is 0 Å². The molecule has 2 nitrogen and oxygen atoms in total. The molecule has 0 bridgehead atoms. The van der Waals surface area contributed by atoms with E-state index in [1.807, 2.05) is 6.08 Å². The Morgan fingerprint density at radius 3 is 0.986 bits per heavy atom. The maximum absolute atomic E-state index is 8.72. The van der Waals surface area contributed by atoms with Gasteiger partial charge < -0.3 is 10.0 Å². The van der Waals surface area contributed by atoms with Crippen LogP contribution in [0.25, 0.3) is 67.8 Å². The van der Waals surface area contributed by atoms with E-state index in [0.29, 0.717) is 5.46 Å². The highest BCUT2D eigenvalue weighted by Gasteiger charge is 2.53. The molecule has 10 aromatic carbocycles. The van der Waals surface area contributed by atoms with Crippen molar-refractivity contribution in [2.75, 3.05) is 0 Å². The maximum Gasteiger partial charge on any atom is 0.488 e. The first-order valence-electron chi connectivity index (χ1n) is 23.7. The highest BCUT2D eigenvalue weighted by atomic mass is 79.9. The Morgan fingerprint density at radius 1 is 0.329 bits per heavy atom. The zero-order valence-electron chi connectivity index (χ0n) is 38.4. The second kappa shape index (κ2) is 17.3. The summed E-state index contributed by atoms with van der Waals surface area (Å²) in [6.07, 6.45) is 3.60. The maximum atomic E-state index is 8.72. The van der Waals surface area contributed by atoms with Gasteiger partial charge in [0.2, 0.25) is 0 Å². The summed E-state index contributed by atoms with van der Waals surface area (Å²) in [6, 6.07) is 82.8. The molecule has 0 unspecified atom stereocenters. The van der Waals surface area contributed by atoms with Crippen molar-refractivity contribution in [1.29, 1.82) is 0 Å². The van der Waals surface area contributed by atoms with Crippen LogP contribution in [0.2, 0.25) is 0 Å². The third-order valence-electron chi connectivity index (χ3n) is 14.9. The lowest BCUT2D eigenvalue weighted by molar-refractivity contribution is 0.426. The third kappa shape index (κ3) is 6.48. The normalized spacial score (nSPS) is 13.4. The molecular formula is C66H46BBrO2. The van der Waals surface area contributed by atoms with E-state index in [2.05, 4.69) is 235 Å². The molecule has 4 aliphatic carbocycles. The minimum atomic E-state index is -1.38. The van der Waals surface area contributed by atoms with E-state index in [9.17, 15) is 0 Å². The molecule has 0 atom stereocenters. The predicted octanol–water partition coefficient (Wildman–Crippen LogP) is 15.1. The fraction of sp³-hybridized carbons (Fsp3) is 0.0303. The van der Waals surface area contributed by atoms with Gasteiger partial charge in [-0.05, 0) is 135 Å². The summed E-state index contributed by atoms with van der Waals surface area (Å²) in [5.41, 5.74) is 26.4. The Morgan fingerprint density at radius 2 is 0.629 bits per heavy atom. The SMILES string of the molecule is Brc1ccc2c(c1)C1(c3ccccc3-c3ccccc31)c1ccccc1-2.C=Cc1ccc(-c2ccc3c(c2)C2(c4ccccc4-c4ccccc42)c2ccccc2-3)cc1.C=Cc1ccc(B(O)O)cc1. The molecule has 14 rings (SSSR count). The van der Waals surface area contributed by atoms with Gasteiger partial charge in [0.15, 0.2) is 0 Å². The van der Waals surface area contributed by atoms with E-state index < -0.39 is 7.12 Å². The predicted molar refractivity (Wildman–Crippen MR) is 295 cm³/mol. The number of benzene rings is 10. The van der Waals surface area contributed by atoms with Crippen molar-refractivity contribution in [2.45, 2.75) is 10.8 Å². The standard InChI is InChI=1S/C33H22.C25H15Br.C8H9BO2/c1-2-22-15-17-23(18-16-22)24-19-20-28-27-11-5-8-14-31(27)33(32(28)21-24)29-12-6-3-9-25(29)26-10-4-7-13-30(26)33;26-16-13-14-20-19-9-3-6-12-23(19)25(24(20)15-16)21-10-4-1-7-17(21)18-8-2-5-11-22(18)25;1-2-7-3-5-8(6-4-7)9(10)11/h2-21H,1H2;1-15H;2-6,10-11H,1H2. The highest BCUT2D eigenvalue weighted by molar-refractivity contribution is 9.10. The lowest BCUT2D eigenvalue weighted by Crippen LogP contribution is -2.29. The Kier molecular flexibility index (Phi) is 10.7. The van der Waals surface area contributed by atoms with Crippen LogP contribution >= 0.6 is 15.9 Å². The quantitative estimate of drug-likeness (QED) is 0.173. The molecule has 4 aliphatic rings. The highest BCUT2D eigenvalue weighted by Crippen LogP contribution is 2.64. The molecule has 332 valence electrons. The largest absolute Gasteiger partial charge is 0.488 e. The van der Waals surface area contributed by atoms with E-state index in [-0.39, 0.29) is 10.8 Å². The van der Waals surface area contributed by atoms with Crippen LogP contribution in [0, 0.1) is 0 Å². The summed E-state index contributed by atoms with van der Waals surface area (Å²) in [7, 11) is -1.38. The fourth-order valence-electron chi connectivity index (χ4n) is 12.0. The number of halogens is 1. The number of rotatable bonds is 4. The summed E-state index contributed by atoms with van der Waals surface area (Å²) in [4.78, 5) is 0. The molecule has 0 amide bonds. The van der Waals surface area contributed by atoms with Crippen molar-refractivity contribution in [3.8, 4) is 55.6 Å². The Hall–Kier alpha value is -7.86. The minimum absolute atomic E-state index is 0.219. The summed E-state index contributed by atoms with van der Waals surface area (Å²) in [5, 5.41) is 17.4. The van der Waals surface area contributed by atoms with Crippen LogP contribution in [0.4, 0.5) is 0 Å². The summed E-state index contributed by atoms with van der Waals surface area (Å²) < 4.78 is 1.13. The van der Waals surface area contributed by atoms with Crippen molar-refractivity contribution in [3.63, 3.8) is 0 Å². The van der Waals surface area contributed by atoms with Gasteiger partial charge in [0, 0.05) is 4.47 Å². The van der Waals surface area contributed by atoms with Crippen LogP contribution in [-0.4, -0.2) is 17.2 Å². The Balaban J connectivity index is 0.000000121. The van der Waals surface area contributed by atoms with Crippen molar-refractivity contribution >= 4 is 40.7 Å². The van der Waals surface area contributed by atoms with Gasteiger partial charge in [-0.25, -0.2) is 0 Å². The summed E-state index contributed by atoms with van der Waals surface area (Å²) >= 11 is 3.72. The smallest absolute Gasteiger partial charge is 0.423 e. The van der Waals surface area contributed by atoms with Gasteiger partial charge in [-0.1, -0.05) is 254 Å². The second-order valence-electron chi connectivity index (χ2n) is 18.3. The lowest BCUT2D eigenvalue weighted by Gasteiger charge is -2.30. The van der Waals surface area contributed by atoms with Crippen LogP contribution in [0.15, 0.2) is 248 Å². The van der Waals surface area contributed by atoms with Crippen molar-refractivity contribution < 1.29 is 10.0 Å². The fourth-order valence-corrected chi connectivity index (χ4v) is 12.3. The van der Waals surface area contributed by atoms with Crippen molar-refractivity contribution in [3.05, 3.63) is 304 Å². The van der Waals surface area contributed by atoms with Gasteiger partial charge in [0.1, 0.15) is 0 Å². The van der Waals surface area contributed by atoms with Gasteiger partial charge >= 0.3 is 7.12 Å². The molecule has 70 heavy (non-hydrogen) atoms. The molecular weight excluding hydrogens is 915 g/mol. The van der Waals surface area contributed by atoms with Crippen LogP contribution in [0.5, 0.6) is 0 Å². The zero-order chi connectivity index (χ0) is 47.6. The van der Waals surface area contributed by atoms with Crippen molar-refractivity contribution in [1.82, 2.24) is 0 Å². The number of hydrogen-bond acceptors (Lipinski definition) is 2. The van der Waals surface area contributed by atoms with Gasteiger partial charge in [-0.2, -0.15) is 0 Å². The first kappa shape index (κ1) is 43.4. The minimum Gasteiger partial charge on any atom is -0.423 e. The third-order valence-corrected chi connectivity index (χ3v) is 15.4. The molecule has 10 aromatic rings. The first-order chi connectivity index (χ1) is 34.4. The topological polar surface area (TPSA) is 40.5 Å². The average molecular weight is 962 g/mol. The molecule has 0 radical (unpaired) electrons. The molecule has 0 saturated heterocycles. The number of fused-ring (bicyclic) bond motifs is 20. The van der Waals surface area contributed by atoms with Crippen molar-refractivity contribution in [2.24, 2.45) is 0 Å². The first-order valence-corrected chi connectivity index (χ1v) is 24.5. The Bertz CT molecular complexity index is 3570. The molecule has 0 aliphatic heterocycles. The van der Waals surface area contributed by atoms with E-state index in [4.69, 9.17) is 10.0 Å². The van der Waals surface area contributed by atoms with E-state index >= 15 is 0 Å². The summed E-state index contributed by atoms with van der Waals surface area (Å²) in [5.74, 6) is 0. The number of hydrogen-bond donors (Lipinski definition) is 2. The molecule has 2 N–H and O–H groups in total. The van der Waals surface area contributed by atoms with E-state index in [1.54, 1.807) is 30.3 Å². The van der Waals surface area contributed by atoms with E-state index in [1.165, 1.54) is 100 Å². The molecule has 0 heterocycles. The van der Waals surface area contributed by atoms with Crippen LogP contribution in [0.1, 0.15) is 55.6 Å². The lowest BCUT2D eigenvalue weighted by atomic mass is 9.70. The van der Waals surface area contributed by atoms with Crippen LogP contribution in [-0.2, 0) is 10.8 Å². The van der Waals surface area contributed by atoms with Crippen LogP contribution < -0.4 is 5.46 Å². The van der Waals surface area contributed by atoms with E-state index in [0.717, 1.165) is 15.6 Å². The average Bonchev–Trinajstić information content (AvgIpc) is 4.10. The molecule has 0 fully saturated rings.